The molecule has 2 aromatic rings. The molecule has 0 aliphatic heterocycles. The molecule has 3 N–H and O–H groups in total. The number of anilines is 1. The molecule has 1 heterocycles. The maximum atomic E-state index is 12.1. The normalized spacial score (nSPS) is 11.5. The van der Waals surface area contributed by atoms with Crippen LogP contribution in [-0.4, -0.2) is 17.4 Å². The number of nitrogens with zero attached hydrogens (tertiary/aromatic N) is 1. The van der Waals surface area contributed by atoms with Gasteiger partial charge in [-0.2, -0.15) is 0 Å². The number of nitrogens with one attached hydrogen (secondary N) is 1. The monoisotopic (exact) mass is 243 g/mol. The third kappa shape index (κ3) is 2.33. The van der Waals surface area contributed by atoms with Gasteiger partial charge in [-0.15, -0.1) is 0 Å². The number of rotatable bonds is 3. The van der Waals surface area contributed by atoms with Crippen molar-refractivity contribution in [2.45, 2.75) is 13.8 Å². The van der Waals surface area contributed by atoms with Gasteiger partial charge < -0.3 is 11.1 Å². The summed E-state index contributed by atoms with van der Waals surface area (Å²) in [5.74, 6) is -0.0943. The number of hydrogen-bond acceptors (Lipinski definition) is 3. The summed E-state index contributed by atoms with van der Waals surface area (Å²) in [6, 6.07) is 9.55. The number of pyridine rings is 1. The molecule has 0 aliphatic rings. The van der Waals surface area contributed by atoms with Gasteiger partial charge >= 0.3 is 0 Å². The van der Waals surface area contributed by atoms with E-state index < -0.39 is 5.41 Å². The second-order valence-electron chi connectivity index (χ2n) is 4.92. The first-order valence-electron chi connectivity index (χ1n) is 5.90. The highest BCUT2D eigenvalue weighted by Gasteiger charge is 2.26. The van der Waals surface area contributed by atoms with Crippen molar-refractivity contribution in [1.82, 2.24) is 4.98 Å². The Balaban J connectivity index is 2.36. The van der Waals surface area contributed by atoms with Crippen molar-refractivity contribution in [2.75, 3.05) is 11.9 Å². The first kappa shape index (κ1) is 12.5. The zero-order chi connectivity index (χ0) is 13.2. The Morgan fingerprint density at radius 2 is 2.06 bits per heavy atom. The second-order valence-corrected chi connectivity index (χ2v) is 4.92. The molecule has 1 amide bonds. The Morgan fingerprint density at radius 1 is 1.33 bits per heavy atom. The van der Waals surface area contributed by atoms with Gasteiger partial charge in [0.25, 0.3) is 0 Å². The van der Waals surface area contributed by atoms with E-state index in [1.54, 1.807) is 6.20 Å². The van der Waals surface area contributed by atoms with Crippen molar-refractivity contribution in [1.29, 1.82) is 0 Å². The van der Waals surface area contributed by atoms with Gasteiger partial charge in [0.1, 0.15) is 0 Å². The van der Waals surface area contributed by atoms with Crippen LogP contribution in [0, 0.1) is 5.41 Å². The lowest BCUT2D eigenvalue weighted by atomic mass is 9.92. The number of carbonyl (C=O) groups is 1. The van der Waals surface area contributed by atoms with Crippen LogP contribution in [0.5, 0.6) is 0 Å². The minimum Gasteiger partial charge on any atom is -0.329 e. The zero-order valence-electron chi connectivity index (χ0n) is 10.6. The van der Waals surface area contributed by atoms with Gasteiger partial charge in [0.15, 0.2) is 0 Å². The summed E-state index contributed by atoms with van der Waals surface area (Å²) in [4.78, 5) is 16.4. The highest BCUT2D eigenvalue weighted by Crippen LogP contribution is 2.23. The van der Waals surface area contributed by atoms with Crippen LogP contribution in [0.25, 0.3) is 10.9 Å². The molecular weight excluding hydrogens is 226 g/mol. The van der Waals surface area contributed by atoms with E-state index in [0.717, 1.165) is 16.6 Å². The van der Waals surface area contributed by atoms with Crippen molar-refractivity contribution >= 4 is 22.5 Å². The SMILES string of the molecule is CC(C)(CN)C(=O)Nc1cccc2cccnc12. The maximum Gasteiger partial charge on any atom is 0.231 e. The van der Waals surface area contributed by atoms with E-state index in [-0.39, 0.29) is 5.91 Å². The molecule has 0 saturated heterocycles. The van der Waals surface area contributed by atoms with Gasteiger partial charge in [0.2, 0.25) is 5.91 Å². The van der Waals surface area contributed by atoms with Crippen molar-refractivity contribution in [2.24, 2.45) is 11.1 Å². The Bertz CT molecular complexity index is 573. The number of benzene rings is 1. The molecule has 0 fully saturated rings. The molecule has 0 spiro atoms. The molecule has 0 unspecified atom stereocenters. The topological polar surface area (TPSA) is 68.0 Å². The smallest absolute Gasteiger partial charge is 0.231 e. The maximum absolute atomic E-state index is 12.1. The van der Waals surface area contributed by atoms with Gasteiger partial charge in [-0.1, -0.05) is 18.2 Å². The Labute approximate surface area is 106 Å². The summed E-state index contributed by atoms with van der Waals surface area (Å²) in [6.45, 7) is 3.94. The van der Waals surface area contributed by atoms with Crippen LogP contribution >= 0.6 is 0 Å². The lowest BCUT2D eigenvalue weighted by Crippen LogP contribution is -2.37. The van der Waals surface area contributed by atoms with E-state index >= 15 is 0 Å². The fourth-order valence-electron chi connectivity index (χ4n) is 1.59. The molecule has 0 aliphatic carbocycles. The molecule has 4 nitrogen and oxygen atoms in total. The summed E-state index contributed by atoms with van der Waals surface area (Å²) < 4.78 is 0. The zero-order valence-corrected chi connectivity index (χ0v) is 10.6. The van der Waals surface area contributed by atoms with Crippen molar-refractivity contribution in [3.05, 3.63) is 36.5 Å². The van der Waals surface area contributed by atoms with Gasteiger partial charge in [-0.25, -0.2) is 0 Å². The second kappa shape index (κ2) is 4.74. The van der Waals surface area contributed by atoms with Crippen LogP contribution in [0.2, 0.25) is 0 Å². The minimum atomic E-state index is -0.586. The number of fused-ring (bicyclic) bond motifs is 1. The standard InChI is InChI=1S/C14H17N3O/c1-14(2,9-15)13(18)17-11-7-3-5-10-6-4-8-16-12(10)11/h3-8H,9,15H2,1-2H3,(H,17,18). The van der Waals surface area contributed by atoms with Crippen LogP contribution in [-0.2, 0) is 4.79 Å². The number of carbonyl (C=O) groups excluding carboxylic acids is 1. The average molecular weight is 243 g/mol. The molecule has 94 valence electrons. The summed E-state index contributed by atoms with van der Waals surface area (Å²) in [6.07, 6.45) is 1.71. The van der Waals surface area contributed by atoms with Crippen LogP contribution in [0.4, 0.5) is 5.69 Å². The predicted octanol–water partition coefficient (Wildman–Crippen LogP) is 2.16. The number of para-hydroxylation sites is 1. The Hall–Kier alpha value is -1.94. The molecule has 4 heteroatoms. The number of amides is 1. The van der Waals surface area contributed by atoms with Crippen LogP contribution in [0.3, 0.4) is 0 Å². The van der Waals surface area contributed by atoms with Crippen molar-refractivity contribution < 1.29 is 4.79 Å². The van der Waals surface area contributed by atoms with Crippen LogP contribution in [0.1, 0.15) is 13.8 Å². The van der Waals surface area contributed by atoms with E-state index in [2.05, 4.69) is 10.3 Å². The number of aromatic nitrogens is 1. The molecule has 0 saturated carbocycles. The fourth-order valence-corrected chi connectivity index (χ4v) is 1.59. The van der Waals surface area contributed by atoms with E-state index in [1.165, 1.54) is 0 Å². The predicted molar refractivity (Wildman–Crippen MR) is 73.2 cm³/mol. The molecule has 1 aromatic carbocycles. The highest BCUT2D eigenvalue weighted by atomic mass is 16.2. The fraction of sp³-hybridized carbons (Fsp3) is 0.286. The molecular formula is C14H17N3O. The molecule has 1 aromatic heterocycles. The van der Waals surface area contributed by atoms with Gasteiger partial charge in [-0.05, 0) is 26.0 Å². The van der Waals surface area contributed by atoms with E-state index in [1.807, 2.05) is 44.2 Å². The quantitative estimate of drug-likeness (QED) is 0.868. The largest absolute Gasteiger partial charge is 0.329 e. The first-order valence-corrected chi connectivity index (χ1v) is 5.90. The third-order valence-corrected chi connectivity index (χ3v) is 3.01. The summed E-state index contributed by atoms with van der Waals surface area (Å²) in [7, 11) is 0. The van der Waals surface area contributed by atoms with Crippen LogP contribution in [0.15, 0.2) is 36.5 Å². The first-order chi connectivity index (χ1) is 8.54. The summed E-state index contributed by atoms with van der Waals surface area (Å²) in [5, 5.41) is 3.90. The molecule has 18 heavy (non-hydrogen) atoms. The number of nitrogens with two attached hydrogens (primary N) is 1. The van der Waals surface area contributed by atoms with Gasteiger partial charge in [-0.3, -0.25) is 9.78 Å². The highest BCUT2D eigenvalue weighted by molar-refractivity contribution is 6.02. The van der Waals surface area contributed by atoms with Crippen molar-refractivity contribution in [3.63, 3.8) is 0 Å². The van der Waals surface area contributed by atoms with Gasteiger partial charge in [0.05, 0.1) is 16.6 Å². The molecule has 0 bridgehead atoms. The molecule has 0 atom stereocenters. The lowest BCUT2D eigenvalue weighted by Gasteiger charge is -2.21. The Morgan fingerprint density at radius 3 is 2.78 bits per heavy atom. The van der Waals surface area contributed by atoms with Crippen molar-refractivity contribution in [3.8, 4) is 0 Å². The third-order valence-electron chi connectivity index (χ3n) is 3.01. The number of hydrogen-bond donors (Lipinski definition) is 2. The van der Waals surface area contributed by atoms with E-state index in [0.29, 0.717) is 6.54 Å². The van der Waals surface area contributed by atoms with E-state index in [4.69, 9.17) is 5.73 Å². The van der Waals surface area contributed by atoms with Gasteiger partial charge in [0, 0.05) is 18.1 Å². The van der Waals surface area contributed by atoms with E-state index in [9.17, 15) is 4.79 Å². The minimum absolute atomic E-state index is 0.0943. The molecule has 0 radical (unpaired) electrons. The molecule has 2 rings (SSSR count). The Kier molecular flexibility index (Phi) is 3.30. The lowest BCUT2D eigenvalue weighted by molar-refractivity contribution is -0.123. The van der Waals surface area contributed by atoms with Crippen LogP contribution < -0.4 is 11.1 Å². The summed E-state index contributed by atoms with van der Waals surface area (Å²) in [5.41, 5.74) is 6.53. The summed E-state index contributed by atoms with van der Waals surface area (Å²) >= 11 is 0. The average Bonchev–Trinajstić information content (AvgIpc) is 2.39.